The Labute approximate surface area is 131 Å². The molecule has 4 nitrogen and oxygen atoms in total. The predicted molar refractivity (Wildman–Crippen MR) is 84.7 cm³/mol. The minimum atomic E-state index is 0.00154. The zero-order chi connectivity index (χ0) is 15.4. The van der Waals surface area contributed by atoms with Gasteiger partial charge in [-0.1, -0.05) is 42.4 Å². The van der Waals surface area contributed by atoms with E-state index >= 15 is 0 Å². The topological polar surface area (TPSA) is 46.3 Å². The number of likely N-dealkylation sites (tertiary alicyclic amines) is 1. The van der Waals surface area contributed by atoms with Gasteiger partial charge in [-0.25, -0.2) is 0 Å². The second-order valence-corrected chi connectivity index (χ2v) is 6.02. The first-order valence-corrected chi connectivity index (χ1v) is 8.05. The first-order valence-electron chi connectivity index (χ1n) is 8.05. The number of amides is 1. The molecule has 1 aliphatic heterocycles. The average molecular weight is 298 g/mol. The van der Waals surface area contributed by atoms with Crippen LogP contribution in [0.5, 0.6) is 0 Å². The lowest BCUT2D eigenvalue weighted by Gasteiger charge is -2.14. The van der Waals surface area contributed by atoms with E-state index in [1.165, 1.54) is 5.56 Å². The van der Waals surface area contributed by atoms with Crippen molar-refractivity contribution in [1.29, 1.82) is 0 Å². The van der Waals surface area contributed by atoms with Crippen LogP contribution in [0.3, 0.4) is 0 Å². The van der Waals surface area contributed by atoms with Crippen molar-refractivity contribution in [2.24, 2.45) is 5.92 Å². The predicted octanol–water partition coefficient (Wildman–Crippen LogP) is 3.33. The van der Waals surface area contributed by atoms with Crippen LogP contribution in [0.1, 0.15) is 41.6 Å². The smallest absolute Gasteiger partial charge is 0.276 e. The summed E-state index contributed by atoms with van der Waals surface area (Å²) in [5, 5.41) is 3.92. The van der Waals surface area contributed by atoms with Crippen LogP contribution >= 0.6 is 0 Å². The number of hydrogen-bond acceptors (Lipinski definition) is 3. The molecule has 1 aromatic heterocycles. The Kier molecular flexibility index (Phi) is 4.56. The summed E-state index contributed by atoms with van der Waals surface area (Å²) in [5.41, 5.74) is 1.79. The fourth-order valence-electron chi connectivity index (χ4n) is 3.07. The Balaban J connectivity index is 1.58. The summed E-state index contributed by atoms with van der Waals surface area (Å²) in [6, 6.07) is 12.3. The van der Waals surface area contributed by atoms with Gasteiger partial charge in [-0.3, -0.25) is 4.79 Å². The molecule has 4 heteroatoms. The summed E-state index contributed by atoms with van der Waals surface area (Å²) in [5.74, 6) is 1.33. The lowest BCUT2D eigenvalue weighted by molar-refractivity contribution is 0.0776. The summed E-state index contributed by atoms with van der Waals surface area (Å²) in [6.45, 7) is 3.70. The minimum absolute atomic E-state index is 0.00154. The Bertz CT molecular complexity index is 621. The van der Waals surface area contributed by atoms with E-state index in [1.54, 1.807) is 6.07 Å². The highest BCUT2D eigenvalue weighted by Crippen LogP contribution is 2.22. The molecule has 2 aromatic rings. The number of aromatic nitrogens is 1. The Hall–Kier alpha value is -2.10. The first-order chi connectivity index (χ1) is 10.8. The van der Waals surface area contributed by atoms with Crippen molar-refractivity contribution >= 4 is 5.91 Å². The molecule has 22 heavy (non-hydrogen) atoms. The van der Waals surface area contributed by atoms with Crippen LogP contribution in [0.25, 0.3) is 0 Å². The van der Waals surface area contributed by atoms with Crippen molar-refractivity contribution in [2.45, 2.75) is 32.6 Å². The molecule has 1 amide bonds. The number of aryl methyl sites for hydroxylation is 1. The maximum Gasteiger partial charge on any atom is 0.276 e. The minimum Gasteiger partial charge on any atom is -0.361 e. The van der Waals surface area contributed by atoms with Crippen molar-refractivity contribution in [3.05, 3.63) is 53.4 Å². The van der Waals surface area contributed by atoms with E-state index in [4.69, 9.17) is 4.52 Å². The number of carbonyl (C=O) groups excluding carboxylic acids is 1. The molecule has 1 aromatic carbocycles. The van der Waals surface area contributed by atoms with Gasteiger partial charge in [-0.05, 0) is 30.7 Å². The average Bonchev–Trinajstić information content (AvgIpc) is 3.18. The molecule has 1 fully saturated rings. The van der Waals surface area contributed by atoms with Gasteiger partial charge in [-0.15, -0.1) is 0 Å². The third-order valence-electron chi connectivity index (χ3n) is 4.21. The summed E-state index contributed by atoms with van der Waals surface area (Å²) < 4.78 is 5.21. The maximum atomic E-state index is 12.5. The molecule has 1 saturated heterocycles. The van der Waals surface area contributed by atoms with Crippen molar-refractivity contribution in [3.63, 3.8) is 0 Å². The van der Waals surface area contributed by atoms with Gasteiger partial charge in [0, 0.05) is 25.6 Å². The number of hydrogen-bond donors (Lipinski definition) is 0. The largest absolute Gasteiger partial charge is 0.361 e. The molecule has 1 aliphatic rings. The first kappa shape index (κ1) is 14.8. The van der Waals surface area contributed by atoms with Crippen molar-refractivity contribution in [2.75, 3.05) is 13.1 Å². The molecule has 2 heterocycles. The molecular weight excluding hydrogens is 276 g/mol. The second-order valence-electron chi connectivity index (χ2n) is 6.02. The molecule has 1 unspecified atom stereocenters. The van der Waals surface area contributed by atoms with Crippen LogP contribution in [0.4, 0.5) is 0 Å². The summed E-state index contributed by atoms with van der Waals surface area (Å²) >= 11 is 0. The number of carbonyl (C=O) groups is 1. The molecule has 1 atom stereocenters. The lowest BCUT2D eigenvalue weighted by atomic mass is 9.99. The van der Waals surface area contributed by atoms with Gasteiger partial charge in [0.1, 0.15) is 5.76 Å². The molecule has 0 bridgehead atoms. The van der Waals surface area contributed by atoms with Gasteiger partial charge in [0.25, 0.3) is 5.91 Å². The van der Waals surface area contributed by atoms with Crippen LogP contribution in [0, 0.1) is 5.92 Å². The highest BCUT2D eigenvalue weighted by atomic mass is 16.5. The summed E-state index contributed by atoms with van der Waals surface area (Å²) in [7, 11) is 0. The van der Waals surface area contributed by atoms with Gasteiger partial charge in [0.2, 0.25) is 0 Å². The van der Waals surface area contributed by atoms with Gasteiger partial charge < -0.3 is 9.42 Å². The van der Waals surface area contributed by atoms with Crippen LogP contribution in [0.2, 0.25) is 0 Å². The summed E-state index contributed by atoms with van der Waals surface area (Å²) in [6.07, 6.45) is 3.91. The van der Waals surface area contributed by atoms with E-state index in [9.17, 15) is 4.79 Å². The van der Waals surface area contributed by atoms with Gasteiger partial charge >= 0.3 is 0 Å². The van der Waals surface area contributed by atoms with Crippen LogP contribution < -0.4 is 0 Å². The SMILES string of the molecule is CCCc1cc(C(=O)N2CCC(Cc3ccccc3)C2)no1. The molecule has 0 aliphatic carbocycles. The standard InChI is InChI=1S/C18H22N2O2/c1-2-6-16-12-17(19-22-16)18(21)20-10-9-15(13-20)11-14-7-4-3-5-8-14/h3-5,7-8,12,15H,2,6,9-11,13H2,1H3. The van der Waals surface area contributed by atoms with Crippen molar-refractivity contribution in [3.8, 4) is 0 Å². The molecule has 0 radical (unpaired) electrons. The fraction of sp³-hybridized carbons (Fsp3) is 0.444. The maximum absolute atomic E-state index is 12.5. The van der Waals surface area contributed by atoms with Gasteiger partial charge in [0.05, 0.1) is 0 Å². The van der Waals surface area contributed by atoms with Gasteiger partial charge in [-0.2, -0.15) is 0 Å². The highest BCUT2D eigenvalue weighted by molar-refractivity contribution is 5.92. The molecule has 0 spiro atoms. The molecule has 0 saturated carbocycles. The molecule has 3 rings (SSSR count). The lowest BCUT2D eigenvalue weighted by Crippen LogP contribution is -2.29. The summed E-state index contributed by atoms with van der Waals surface area (Å²) in [4.78, 5) is 14.4. The van der Waals surface area contributed by atoms with E-state index in [0.717, 1.165) is 44.5 Å². The number of rotatable bonds is 5. The second kappa shape index (κ2) is 6.77. The third-order valence-corrected chi connectivity index (χ3v) is 4.21. The molecular formula is C18H22N2O2. The quantitative estimate of drug-likeness (QED) is 0.850. The van der Waals surface area contributed by atoms with Crippen LogP contribution in [-0.2, 0) is 12.8 Å². The number of nitrogens with zero attached hydrogens (tertiary/aromatic N) is 2. The van der Waals surface area contributed by atoms with E-state index in [1.807, 2.05) is 11.0 Å². The Morgan fingerprint density at radius 1 is 1.36 bits per heavy atom. The van der Waals surface area contributed by atoms with Crippen LogP contribution in [-0.4, -0.2) is 29.1 Å². The van der Waals surface area contributed by atoms with Crippen molar-refractivity contribution in [1.82, 2.24) is 10.1 Å². The monoisotopic (exact) mass is 298 g/mol. The van der Waals surface area contributed by atoms with E-state index in [0.29, 0.717) is 11.6 Å². The van der Waals surface area contributed by atoms with E-state index in [-0.39, 0.29) is 5.91 Å². The normalized spacial score (nSPS) is 17.9. The zero-order valence-corrected chi connectivity index (χ0v) is 13.0. The molecule has 116 valence electrons. The van der Waals surface area contributed by atoms with Crippen LogP contribution in [0.15, 0.2) is 40.9 Å². The van der Waals surface area contributed by atoms with E-state index in [2.05, 4.69) is 36.3 Å². The zero-order valence-electron chi connectivity index (χ0n) is 13.0. The molecule has 0 N–H and O–H groups in total. The third kappa shape index (κ3) is 3.38. The Morgan fingerprint density at radius 2 is 2.18 bits per heavy atom. The Morgan fingerprint density at radius 3 is 2.95 bits per heavy atom. The number of benzene rings is 1. The van der Waals surface area contributed by atoms with Crippen molar-refractivity contribution < 1.29 is 9.32 Å². The van der Waals surface area contributed by atoms with E-state index < -0.39 is 0 Å². The fourth-order valence-corrected chi connectivity index (χ4v) is 3.07. The highest BCUT2D eigenvalue weighted by Gasteiger charge is 2.28. The van der Waals surface area contributed by atoms with Gasteiger partial charge in [0.15, 0.2) is 5.69 Å².